The number of rotatable bonds is 10. The van der Waals surface area contributed by atoms with Crippen LogP contribution in [-0.2, 0) is 22.4 Å². The van der Waals surface area contributed by atoms with E-state index in [0.717, 1.165) is 5.56 Å². The minimum atomic E-state index is -0.524. The lowest BCUT2D eigenvalue weighted by atomic mass is 10.1. The minimum absolute atomic E-state index is 0.0761. The van der Waals surface area contributed by atoms with E-state index in [4.69, 9.17) is 14.2 Å². The van der Waals surface area contributed by atoms with Gasteiger partial charge in [0.1, 0.15) is 17.3 Å². The highest BCUT2D eigenvalue weighted by Gasteiger charge is 2.13. The van der Waals surface area contributed by atoms with Gasteiger partial charge in [0.15, 0.2) is 0 Å². The molecule has 4 aromatic rings. The zero-order valence-electron chi connectivity index (χ0n) is 20.1. The average molecular weight is 501 g/mol. The highest BCUT2D eigenvalue weighted by molar-refractivity contribution is 6.01. The highest BCUT2D eigenvalue weighted by Crippen LogP contribution is 2.23. The summed E-state index contributed by atoms with van der Waals surface area (Å²) < 4.78 is 29.2. The van der Waals surface area contributed by atoms with E-state index < -0.39 is 5.97 Å². The average Bonchev–Trinajstić information content (AvgIpc) is 2.92. The van der Waals surface area contributed by atoms with Crippen molar-refractivity contribution in [3.05, 3.63) is 114 Å². The number of amides is 1. The predicted octanol–water partition coefficient (Wildman–Crippen LogP) is 5.60. The van der Waals surface area contributed by atoms with Crippen LogP contribution >= 0.6 is 0 Å². The van der Waals surface area contributed by atoms with Gasteiger partial charge in [0.25, 0.3) is 0 Å². The highest BCUT2D eigenvalue weighted by atomic mass is 19.1. The molecule has 188 valence electrons. The lowest BCUT2D eigenvalue weighted by Gasteiger charge is -2.10. The molecule has 3 aromatic carbocycles. The Morgan fingerprint density at radius 2 is 1.57 bits per heavy atom. The van der Waals surface area contributed by atoms with E-state index in [9.17, 15) is 14.0 Å². The van der Waals surface area contributed by atoms with Crippen molar-refractivity contribution in [3.63, 3.8) is 0 Å². The second-order valence-electron chi connectivity index (χ2n) is 8.07. The third-order valence-corrected chi connectivity index (χ3v) is 5.39. The molecule has 0 spiro atoms. The smallest absolute Gasteiger partial charge is 0.339 e. The van der Waals surface area contributed by atoms with Crippen LogP contribution in [0, 0.1) is 5.82 Å². The van der Waals surface area contributed by atoms with E-state index in [2.05, 4.69) is 10.3 Å². The Balaban J connectivity index is 1.26. The molecule has 8 heteroatoms. The van der Waals surface area contributed by atoms with Gasteiger partial charge in [-0.25, -0.2) is 14.2 Å². The van der Waals surface area contributed by atoms with Gasteiger partial charge in [-0.05, 0) is 59.7 Å². The number of halogens is 1. The quantitative estimate of drug-likeness (QED) is 0.285. The molecule has 0 fully saturated rings. The molecular weight excluding hydrogens is 475 g/mol. The number of para-hydroxylation sites is 1. The first kappa shape index (κ1) is 25.4. The van der Waals surface area contributed by atoms with Crippen LogP contribution in [0.1, 0.15) is 21.5 Å². The number of carbonyl (C=O) groups excluding carboxylic acids is 2. The number of ether oxygens (including phenoxy) is 3. The summed E-state index contributed by atoms with van der Waals surface area (Å²) in [7, 11) is 1.29. The number of nitrogens with zero attached hydrogens (tertiary/aromatic N) is 1. The molecule has 0 aliphatic heterocycles. The van der Waals surface area contributed by atoms with Crippen molar-refractivity contribution in [2.45, 2.75) is 12.8 Å². The van der Waals surface area contributed by atoms with Crippen molar-refractivity contribution < 1.29 is 28.2 Å². The summed E-state index contributed by atoms with van der Waals surface area (Å²) >= 11 is 0. The first-order chi connectivity index (χ1) is 18.0. The summed E-state index contributed by atoms with van der Waals surface area (Å²) in [4.78, 5) is 28.6. The normalized spacial score (nSPS) is 10.4. The van der Waals surface area contributed by atoms with Gasteiger partial charge in [-0.15, -0.1) is 0 Å². The molecule has 1 aromatic heterocycles. The zero-order chi connectivity index (χ0) is 26.0. The minimum Gasteiger partial charge on any atom is -0.493 e. The van der Waals surface area contributed by atoms with Crippen molar-refractivity contribution in [2.24, 2.45) is 0 Å². The van der Waals surface area contributed by atoms with Crippen LogP contribution in [0.25, 0.3) is 0 Å². The number of benzene rings is 3. The molecule has 0 bridgehead atoms. The summed E-state index contributed by atoms with van der Waals surface area (Å²) in [6.45, 7) is 0.469. The van der Waals surface area contributed by atoms with Crippen LogP contribution in [0.3, 0.4) is 0 Å². The van der Waals surface area contributed by atoms with Crippen LogP contribution in [-0.4, -0.2) is 30.6 Å². The fraction of sp³-hybridized carbons (Fsp3) is 0.138. The number of pyridine rings is 1. The van der Waals surface area contributed by atoms with Crippen LogP contribution in [0.15, 0.2) is 91.1 Å². The first-order valence-electron chi connectivity index (χ1n) is 11.6. The number of hydrogen-bond acceptors (Lipinski definition) is 6. The third-order valence-electron chi connectivity index (χ3n) is 5.39. The number of anilines is 1. The number of esters is 1. The monoisotopic (exact) mass is 500 g/mol. The second-order valence-corrected chi connectivity index (χ2v) is 8.07. The molecule has 1 amide bonds. The summed E-state index contributed by atoms with van der Waals surface area (Å²) in [5.41, 5.74) is 2.35. The van der Waals surface area contributed by atoms with E-state index in [1.165, 1.54) is 19.2 Å². The Morgan fingerprint density at radius 1 is 0.865 bits per heavy atom. The van der Waals surface area contributed by atoms with Crippen LogP contribution < -0.4 is 14.8 Å². The van der Waals surface area contributed by atoms with E-state index in [-0.39, 0.29) is 23.7 Å². The number of carbonyl (C=O) groups is 2. The Morgan fingerprint density at radius 3 is 2.27 bits per heavy atom. The zero-order valence-corrected chi connectivity index (χ0v) is 20.1. The number of hydrogen-bond donors (Lipinski definition) is 1. The molecule has 0 aliphatic carbocycles. The molecule has 1 N–H and O–H groups in total. The van der Waals surface area contributed by atoms with Crippen LogP contribution in [0.5, 0.6) is 17.4 Å². The second kappa shape index (κ2) is 12.3. The van der Waals surface area contributed by atoms with Crippen LogP contribution in [0.2, 0.25) is 0 Å². The largest absolute Gasteiger partial charge is 0.493 e. The van der Waals surface area contributed by atoms with E-state index in [1.54, 1.807) is 79.0 Å². The molecule has 4 rings (SSSR count). The Labute approximate surface area is 213 Å². The summed E-state index contributed by atoms with van der Waals surface area (Å²) in [6, 6.07) is 23.6. The van der Waals surface area contributed by atoms with Crippen molar-refractivity contribution >= 4 is 17.6 Å². The topological polar surface area (TPSA) is 86.8 Å². The van der Waals surface area contributed by atoms with Gasteiger partial charge in [-0.2, -0.15) is 0 Å². The molecular formula is C29H25FN2O5. The summed E-state index contributed by atoms with van der Waals surface area (Å²) in [6.07, 6.45) is 2.31. The molecule has 37 heavy (non-hydrogen) atoms. The summed E-state index contributed by atoms with van der Waals surface area (Å²) in [5.74, 6) is 0.588. The molecule has 0 saturated carbocycles. The standard InChI is InChI=1S/C29H25FN2O5/c1-35-29(34)25-4-2-3-5-26(25)32-27(33)18-21-8-15-28(31-19-21)37-24-13-11-23(12-14-24)36-17-16-20-6-9-22(30)10-7-20/h2-15,19H,16-18H2,1H3,(H,32,33). The Kier molecular flexibility index (Phi) is 8.44. The van der Waals surface area contributed by atoms with Crippen molar-refractivity contribution in [3.8, 4) is 17.4 Å². The third kappa shape index (κ3) is 7.38. The van der Waals surface area contributed by atoms with Gasteiger partial charge in [-0.3, -0.25) is 4.79 Å². The predicted molar refractivity (Wildman–Crippen MR) is 136 cm³/mol. The fourth-order valence-electron chi connectivity index (χ4n) is 3.50. The van der Waals surface area contributed by atoms with Gasteiger partial charge in [0.2, 0.25) is 11.8 Å². The Hall–Kier alpha value is -4.72. The molecule has 0 atom stereocenters. The lowest BCUT2D eigenvalue weighted by Crippen LogP contribution is -2.17. The maximum atomic E-state index is 13.0. The van der Waals surface area contributed by atoms with Gasteiger partial charge >= 0.3 is 5.97 Å². The fourth-order valence-corrected chi connectivity index (χ4v) is 3.50. The number of aromatic nitrogens is 1. The number of nitrogens with one attached hydrogen (secondary N) is 1. The molecule has 0 saturated heterocycles. The van der Waals surface area contributed by atoms with Gasteiger partial charge in [0, 0.05) is 18.7 Å². The van der Waals surface area contributed by atoms with E-state index >= 15 is 0 Å². The van der Waals surface area contributed by atoms with Gasteiger partial charge in [0.05, 0.1) is 31.4 Å². The van der Waals surface area contributed by atoms with Crippen molar-refractivity contribution in [2.75, 3.05) is 19.0 Å². The maximum Gasteiger partial charge on any atom is 0.339 e. The molecule has 7 nitrogen and oxygen atoms in total. The first-order valence-corrected chi connectivity index (χ1v) is 11.6. The van der Waals surface area contributed by atoms with E-state index in [0.29, 0.717) is 41.7 Å². The molecule has 0 unspecified atom stereocenters. The number of methoxy groups -OCH3 is 1. The van der Waals surface area contributed by atoms with Gasteiger partial charge in [-0.1, -0.05) is 30.3 Å². The van der Waals surface area contributed by atoms with Crippen molar-refractivity contribution in [1.82, 2.24) is 4.98 Å². The maximum absolute atomic E-state index is 13.0. The summed E-state index contributed by atoms with van der Waals surface area (Å²) in [5, 5.41) is 2.73. The van der Waals surface area contributed by atoms with E-state index in [1.807, 2.05) is 0 Å². The van der Waals surface area contributed by atoms with Crippen molar-refractivity contribution in [1.29, 1.82) is 0 Å². The molecule has 0 aliphatic rings. The van der Waals surface area contributed by atoms with Gasteiger partial charge < -0.3 is 19.5 Å². The molecule has 1 heterocycles. The Bertz CT molecular complexity index is 1340. The SMILES string of the molecule is COC(=O)c1ccccc1NC(=O)Cc1ccc(Oc2ccc(OCCc3ccc(F)cc3)cc2)nc1. The van der Waals surface area contributed by atoms with Crippen LogP contribution in [0.4, 0.5) is 10.1 Å². The lowest BCUT2D eigenvalue weighted by molar-refractivity contribution is -0.115. The molecule has 0 radical (unpaired) electrons.